The van der Waals surface area contributed by atoms with Gasteiger partial charge in [0.25, 0.3) is 0 Å². The summed E-state index contributed by atoms with van der Waals surface area (Å²) in [5, 5.41) is 0. The minimum atomic E-state index is -0.182. The van der Waals surface area contributed by atoms with Gasteiger partial charge in [0, 0.05) is 12.4 Å². The lowest BCUT2D eigenvalue weighted by Gasteiger charge is -2.19. The highest BCUT2D eigenvalue weighted by Gasteiger charge is 2.17. The fraction of sp³-hybridized carbons (Fsp3) is 0.286. The van der Waals surface area contributed by atoms with Crippen molar-refractivity contribution in [2.45, 2.75) is 19.9 Å². The Balaban J connectivity index is 2.47. The van der Waals surface area contributed by atoms with Crippen molar-refractivity contribution >= 4 is 0 Å². The number of nitrogens with two attached hydrogens (primary N) is 1. The largest absolute Gasteiger partial charge is 0.496 e. The fourth-order valence-electron chi connectivity index (χ4n) is 2.14. The monoisotopic (exact) mass is 258 g/mol. The minimum absolute atomic E-state index is 0.182. The molecule has 0 radical (unpaired) electrons. The molecule has 5 nitrogen and oxygen atoms in total. The number of hydrogen-bond acceptors (Lipinski definition) is 5. The van der Waals surface area contributed by atoms with E-state index >= 15 is 0 Å². The van der Waals surface area contributed by atoms with Gasteiger partial charge in [0.1, 0.15) is 5.75 Å². The average molecular weight is 258 g/mol. The highest BCUT2D eigenvalue weighted by Crippen LogP contribution is 2.28. The molecule has 19 heavy (non-hydrogen) atoms. The lowest BCUT2D eigenvalue weighted by atomic mass is 9.96. The number of nitrogens with zero attached hydrogens (tertiary/aromatic N) is 2. The first-order valence-electron chi connectivity index (χ1n) is 6.04. The van der Waals surface area contributed by atoms with Gasteiger partial charge in [-0.3, -0.25) is 15.8 Å². The Hall–Kier alpha value is -1.98. The number of hydrogen-bond donors (Lipinski definition) is 2. The maximum atomic E-state index is 5.68. The zero-order valence-electron chi connectivity index (χ0n) is 11.3. The molecule has 0 saturated carbocycles. The van der Waals surface area contributed by atoms with E-state index in [0.717, 1.165) is 28.1 Å². The molecule has 1 unspecified atom stereocenters. The minimum Gasteiger partial charge on any atom is -0.496 e. The van der Waals surface area contributed by atoms with E-state index in [0.29, 0.717) is 0 Å². The molecule has 2 rings (SSSR count). The maximum absolute atomic E-state index is 5.68. The topological polar surface area (TPSA) is 73.1 Å². The lowest BCUT2D eigenvalue weighted by Crippen LogP contribution is -2.30. The van der Waals surface area contributed by atoms with Crippen LogP contribution in [-0.2, 0) is 0 Å². The van der Waals surface area contributed by atoms with Gasteiger partial charge in [0.15, 0.2) is 0 Å². The summed E-state index contributed by atoms with van der Waals surface area (Å²) in [5.41, 5.74) is 6.81. The number of aromatic nitrogens is 2. The van der Waals surface area contributed by atoms with E-state index in [9.17, 15) is 0 Å². The van der Waals surface area contributed by atoms with E-state index in [-0.39, 0.29) is 6.04 Å². The molecule has 0 aliphatic heterocycles. The van der Waals surface area contributed by atoms with E-state index in [1.54, 1.807) is 25.7 Å². The number of benzene rings is 1. The van der Waals surface area contributed by atoms with Crippen molar-refractivity contribution in [1.82, 2.24) is 15.4 Å². The van der Waals surface area contributed by atoms with Crippen LogP contribution in [0.4, 0.5) is 0 Å². The van der Waals surface area contributed by atoms with Crippen molar-refractivity contribution < 1.29 is 4.74 Å². The number of methoxy groups -OCH3 is 1. The molecular weight excluding hydrogens is 240 g/mol. The average Bonchev–Trinajstić information content (AvgIpc) is 2.44. The molecule has 1 aromatic heterocycles. The molecule has 1 aromatic carbocycles. The van der Waals surface area contributed by atoms with Gasteiger partial charge in [0.2, 0.25) is 0 Å². The van der Waals surface area contributed by atoms with Gasteiger partial charge in [-0.05, 0) is 36.6 Å². The second-order valence-electron chi connectivity index (χ2n) is 4.41. The van der Waals surface area contributed by atoms with Crippen LogP contribution in [-0.4, -0.2) is 17.1 Å². The molecule has 1 atom stereocenters. The van der Waals surface area contributed by atoms with E-state index in [4.69, 9.17) is 10.6 Å². The van der Waals surface area contributed by atoms with Gasteiger partial charge in [-0.15, -0.1) is 0 Å². The summed E-state index contributed by atoms with van der Waals surface area (Å²) in [6.45, 7) is 4.03. The summed E-state index contributed by atoms with van der Waals surface area (Å²) in [5.74, 6) is 6.55. The van der Waals surface area contributed by atoms with Crippen molar-refractivity contribution in [3.05, 3.63) is 53.1 Å². The normalized spacial score (nSPS) is 12.2. The third-order valence-corrected chi connectivity index (χ3v) is 3.14. The van der Waals surface area contributed by atoms with Crippen LogP contribution in [0.3, 0.4) is 0 Å². The summed E-state index contributed by atoms with van der Waals surface area (Å²) in [4.78, 5) is 8.39. The molecule has 0 aliphatic carbocycles. The number of ether oxygens (including phenoxy) is 1. The number of nitrogens with one attached hydrogen (secondary N) is 1. The molecule has 0 spiro atoms. The Morgan fingerprint density at radius 1 is 1.21 bits per heavy atom. The van der Waals surface area contributed by atoms with E-state index in [2.05, 4.69) is 21.5 Å². The van der Waals surface area contributed by atoms with Gasteiger partial charge < -0.3 is 4.74 Å². The van der Waals surface area contributed by atoms with Crippen LogP contribution < -0.4 is 16.0 Å². The first-order valence-corrected chi connectivity index (χ1v) is 6.04. The summed E-state index contributed by atoms with van der Waals surface area (Å²) < 4.78 is 5.32. The fourth-order valence-corrected chi connectivity index (χ4v) is 2.14. The Kier molecular flexibility index (Phi) is 4.09. The summed E-state index contributed by atoms with van der Waals surface area (Å²) in [6.07, 6.45) is 5.01. The third kappa shape index (κ3) is 2.72. The smallest absolute Gasteiger partial charge is 0.122 e. The highest BCUT2D eigenvalue weighted by molar-refractivity contribution is 5.44. The van der Waals surface area contributed by atoms with Crippen LogP contribution in [0.2, 0.25) is 0 Å². The predicted octanol–water partition coefficient (Wildman–Crippen LogP) is 1.65. The number of hydrazine groups is 1. The van der Waals surface area contributed by atoms with Crippen LogP contribution in [0.15, 0.2) is 30.7 Å². The van der Waals surface area contributed by atoms with E-state index in [1.165, 1.54) is 0 Å². The molecule has 0 fully saturated rings. The summed E-state index contributed by atoms with van der Waals surface area (Å²) in [7, 11) is 1.67. The SMILES string of the molecule is COc1cc(C)c(C(NN)c2cnccn2)cc1C. The Morgan fingerprint density at radius 2 is 2.00 bits per heavy atom. The Bertz CT molecular complexity index is 557. The number of rotatable bonds is 4. The van der Waals surface area contributed by atoms with Crippen LogP contribution in [0.1, 0.15) is 28.4 Å². The van der Waals surface area contributed by atoms with Gasteiger partial charge in [-0.25, -0.2) is 5.43 Å². The maximum Gasteiger partial charge on any atom is 0.122 e. The standard InChI is InChI=1S/C14H18N4O/c1-9-7-13(19-3)10(2)6-11(9)14(18-15)12-8-16-4-5-17-12/h4-8,14,18H,15H2,1-3H3. The molecule has 3 N–H and O–H groups in total. The van der Waals surface area contributed by atoms with Crippen molar-refractivity contribution in [1.29, 1.82) is 0 Å². The van der Waals surface area contributed by atoms with Crippen LogP contribution in [0.25, 0.3) is 0 Å². The van der Waals surface area contributed by atoms with Crippen molar-refractivity contribution in [3.63, 3.8) is 0 Å². The lowest BCUT2D eigenvalue weighted by molar-refractivity contribution is 0.411. The molecular formula is C14H18N4O. The first-order chi connectivity index (χ1) is 9.17. The van der Waals surface area contributed by atoms with Crippen molar-refractivity contribution in [3.8, 4) is 5.75 Å². The van der Waals surface area contributed by atoms with Crippen LogP contribution in [0, 0.1) is 13.8 Å². The van der Waals surface area contributed by atoms with Gasteiger partial charge in [-0.2, -0.15) is 0 Å². The zero-order valence-corrected chi connectivity index (χ0v) is 11.3. The number of aryl methyl sites for hydroxylation is 2. The molecule has 0 bridgehead atoms. The van der Waals surface area contributed by atoms with Gasteiger partial charge in [-0.1, -0.05) is 6.07 Å². The van der Waals surface area contributed by atoms with Crippen LogP contribution in [0.5, 0.6) is 5.75 Å². The molecule has 2 aromatic rings. The Morgan fingerprint density at radius 3 is 2.58 bits per heavy atom. The summed E-state index contributed by atoms with van der Waals surface area (Å²) >= 11 is 0. The first kappa shape index (κ1) is 13.5. The second-order valence-corrected chi connectivity index (χ2v) is 4.41. The molecule has 0 aliphatic rings. The predicted molar refractivity (Wildman–Crippen MR) is 73.7 cm³/mol. The molecule has 0 amide bonds. The van der Waals surface area contributed by atoms with Crippen molar-refractivity contribution in [2.24, 2.45) is 5.84 Å². The second kappa shape index (κ2) is 5.77. The third-order valence-electron chi connectivity index (χ3n) is 3.14. The molecule has 1 heterocycles. The van der Waals surface area contributed by atoms with Gasteiger partial charge in [0.05, 0.1) is 25.0 Å². The van der Waals surface area contributed by atoms with Gasteiger partial charge >= 0.3 is 0 Å². The van der Waals surface area contributed by atoms with Crippen LogP contribution >= 0.6 is 0 Å². The zero-order chi connectivity index (χ0) is 13.8. The van der Waals surface area contributed by atoms with E-state index in [1.807, 2.05) is 19.9 Å². The molecule has 100 valence electrons. The molecule has 5 heteroatoms. The Labute approximate surface area is 112 Å². The van der Waals surface area contributed by atoms with Crippen molar-refractivity contribution in [2.75, 3.05) is 7.11 Å². The molecule has 0 saturated heterocycles. The van der Waals surface area contributed by atoms with E-state index < -0.39 is 0 Å². The quantitative estimate of drug-likeness (QED) is 0.644. The highest BCUT2D eigenvalue weighted by atomic mass is 16.5. The summed E-state index contributed by atoms with van der Waals surface area (Å²) in [6, 6.07) is 3.89.